The minimum Gasteiger partial charge on any atom is -0.343 e. The minimum atomic E-state index is -4.70. The lowest BCUT2D eigenvalue weighted by Gasteiger charge is -2.15. The predicted octanol–water partition coefficient (Wildman–Crippen LogP) is 3.60. The second-order valence-electron chi connectivity index (χ2n) is 3.37. The summed E-state index contributed by atoms with van der Waals surface area (Å²) in [5, 5.41) is 27.9. The van der Waals surface area contributed by atoms with Gasteiger partial charge in [-0.05, 0) is 12.1 Å². The number of hydrogen-bond acceptors (Lipinski definition) is 4. The Bertz CT molecular complexity index is 671. The van der Waals surface area contributed by atoms with Crippen molar-refractivity contribution in [2.75, 3.05) is 5.32 Å². The van der Waals surface area contributed by atoms with Crippen molar-refractivity contribution in [3.8, 4) is 18.2 Å². The summed E-state index contributed by atoms with van der Waals surface area (Å²) in [6.07, 6.45) is -4.70. The summed E-state index contributed by atoms with van der Waals surface area (Å²) in [6, 6.07) is 7.33. The van der Waals surface area contributed by atoms with Gasteiger partial charge in [0.25, 0.3) is 0 Å². The maximum Gasteiger partial charge on any atom is 0.418 e. The number of alkyl halides is 3. The highest BCUT2D eigenvalue weighted by Gasteiger charge is 2.34. The molecule has 0 aliphatic heterocycles. The second kappa shape index (κ2) is 5.97. The van der Waals surface area contributed by atoms with Crippen LogP contribution in [0.1, 0.15) is 5.56 Å². The molecule has 4 nitrogen and oxygen atoms in total. The molecule has 0 aromatic heterocycles. The van der Waals surface area contributed by atoms with Gasteiger partial charge in [-0.1, -0.05) is 17.7 Å². The molecule has 1 N–H and O–H groups in total. The van der Waals surface area contributed by atoms with Crippen molar-refractivity contribution in [3.05, 3.63) is 40.1 Å². The Labute approximate surface area is 116 Å². The Morgan fingerprint density at radius 2 is 1.70 bits per heavy atom. The van der Waals surface area contributed by atoms with Crippen LogP contribution in [0.3, 0.4) is 0 Å². The van der Waals surface area contributed by atoms with Crippen molar-refractivity contribution in [1.82, 2.24) is 0 Å². The van der Waals surface area contributed by atoms with Crippen LogP contribution in [0.25, 0.3) is 0 Å². The topological polar surface area (TPSA) is 83.4 Å². The van der Waals surface area contributed by atoms with Gasteiger partial charge in [0, 0.05) is 0 Å². The lowest BCUT2D eigenvalue weighted by molar-refractivity contribution is -0.136. The smallest absolute Gasteiger partial charge is 0.343 e. The molecule has 1 aromatic carbocycles. The van der Waals surface area contributed by atoms with Crippen LogP contribution < -0.4 is 5.32 Å². The van der Waals surface area contributed by atoms with E-state index in [1.165, 1.54) is 24.3 Å². The number of hydrogen-bond donors (Lipinski definition) is 1. The lowest BCUT2D eigenvalue weighted by atomic mass is 10.1. The first kappa shape index (κ1) is 15.4. The summed E-state index contributed by atoms with van der Waals surface area (Å²) < 4.78 is 38.5. The van der Waals surface area contributed by atoms with Crippen molar-refractivity contribution in [1.29, 1.82) is 15.8 Å². The Kier molecular flexibility index (Phi) is 4.59. The Balaban J connectivity index is 3.45. The number of rotatable bonds is 2. The zero-order chi connectivity index (χ0) is 15.3. The number of anilines is 1. The molecule has 0 fully saturated rings. The van der Waals surface area contributed by atoms with Crippen LogP contribution in [0.2, 0.25) is 5.02 Å². The van der Waals surface area contributed by atoms with Crippen LogP contribution >= 0.6 is 11.6 Å². The second-order valence-corrected chi connectivity index (χ2v) is 3.78. The molecule has 8 heteroatoms. The van der Waals surface area contributed by atoms with E-state index in [9.17, 15) is 13.2 Å². The van der Waals surface area contributed by atoms with E-state index in [4.69, 9.17) is 27.4 Å². The number of nitrogens with one attached hydrogen (secondary N) is 1. The quantitative estimate of drug-likeness (QED) is 0.845. The molecule has 0 amide bonds. The first-order valence-corrected chi connectivity index (χ1v) is 5.30. The van der Waals surface area contributed by atoms with Crippen LogP contribution in [0.4, 0.5) is 18.9 Å². The van der Waals surface area contributed by atoms with Gasteiger partial charge in [0.05, 0.1) is 16.3 Å². The number of halogens is 4. The number of allylic oxidation sites excluding steroid dienone is 2. The van der Waals surface area contributed by atoms with Crippen LogP contribution in [0, 0.1) is 34.0 Å². The molecule has 0 unspecified atom stereocenters. The molecule has 0 aliphatic carbocycles. The third kappa shape index (κ3) is 3.20. The molecule has 0 aliphatic rings. The van der Waals surface area contributed by atoms with Gasteiger partial charge in [0.2, 0.25) is 0 Å². The van der Waals surface area contributed by atoms with Gasteiger partial charge in [0.15, 0.2) is 5.57 Å². The summed E-state index contributed by atoms with van der Waals surface area (Å²) in [5.41, 5.74) is -2.93. The summed E-state index contributed by atoms with van der Waals surface area (Å²) in [5.74, 6) is 0. The fourth-order valence-electron chi connectivity index (χ4n) is 1.30. The highest BCUT2D eigenvalue weighted by molar-refractivity contribution is 6.33. The molecule has 1 aromatic rings. The van der Waals surface area contributed by atoms with E-state index in [1.54, 1.807) is 0 Å². The minimum absolute atomic E-state index is 0.289. The van der Waals surface area contributed by atoms with E-state index in [0.29, 0.717) is 0 Å². The number of benzene rings is 1. The molecule has 0 heterocycles. The summed E-state index contributed by atoms with van der Waals surface area (Å²) in [6.45, 7) is 0. The summed E-state index contributed by atoms with van der Waals surface area (Å²) in [4.78, 5) is 0. The predicted molar refractivity (Wildman–Crippen MR) is 63.9 cm³/mol. The number of para-hydroxylation sites is 1. The average molecular weight is 297 g/mol. The van der Waals surface area contributed by atoms with Crippen LogP contribution in [0.15, 0.2) is 29.5 Å². The van der Waals surface area contributed by atoms with Gasteiger partial charge in [0.1, 0.15) is 23.9 Å². The van der Waals surface area contributed by atoms with E-state index in [-0.39, 0.29) is 5.02 Å². The molecular weight excluding hydrogens is 293 g/mol. The molecule has 100 valence electrons. The Morgan fingerprint density at radius 3 is 2.15 bits per heavy atom. The fourth-order valence-corrected chi connectivity index (χ4v) is 1.52. The largest absolute Gasteiger partial charge is 0.418 e. The first-order chi connectivity index (χ1) is 9.35. The van der Waals surface area contributed by atoms with Crippen molar-refractivity contribution < 1.29 is 13.2 Å². The maximum atomic E-state index is 12.8. The number of nitrogens with zero attached hydrogens (tertiary/aromatic N) is 3. The molecular formula is C12H4ClF3N4. The van der Waals surface area contributed by atoms with Gasteiger partial charge in [-0.15, -0.1) is 0 Å². The highest BCUT2D eigenvalue weighted by Crippen LogP contribution is 2.39. The van der Waals surface area contributed by atoms with Crippen molar-refractivity contribution in [3.63, 3.8) is 0 Å². The van der Waals surface area contributed by atoms with Gasteiger partial charge in [-0.2, -0.15) is 29.0 Å². The Hall–Kier alpha value is -2.69. The van der Waals surface area contributed by atoms with Crippen LogP contribution in [0.5, 0.6) is 0 Å². The monoisotopic (exact) mass is 296 g/mol. The average Bonchev–Trinajstić information content (AvgIpc) is 2.39. The van der Waals surface area contributed by atoms with E-state index >= 15 is 0 Å². The summed E-state index contributed by atoms with van der Waals surface area (Å²) in [7, 11) is 0. The summed E-state index contributed by atoms with van der Waals surface area (Å²) >= 11 is 5.67. The molecule has 0 atom stereocenters. The van der Waals surface area contributed by atoms with Gasteiger partial charge in [-0.25, -0.2) is 0 Å². The molecule has 0 radical (unpaired) electrons. The van der Waals surface area contributed by atoms with Crippen LogP contribution in [-0.4, -0.2) is 0 Å². The van der Waals surface area contributed by atoms with Gasteiger partial charge < -0.3 is 5.32 Å². The van der Waals surface area contributed by atoms with E-state index in [1.807, 2.05) is 0 Å². The Morgan fingerprint density at radius 1 is 1.10 bits per heavy atom. The fraction of sp³-hybridized carbons (Fsp3) is 0.0833. The van der Waals surface area contributed by atoms with E-state index in [2.05, 4.69) is 5.32 Å². The van der Waals surface area contributed by atoms with E-state index < -0.39 is 28.7 Å². The van der Waals surface area contributed by atoms with Crippen molar-refractivity contribution >= 4 is 17.3 Å². The zero-order valence-corrected chi connectivity index (χ0v) is 10.3. The van der Waals surface area contributed by atoms with Gasteiger partial charge in [-0.3, -0.25) is 0 Å². The third-order valence-corrected chi connectivity index (χ3v) is 2.47. The number of nitriles is 3. The van der Waals surface area contributed by atoms with Gasteiger partial charge >= 0.3 is 6.18 Å². The normalized spacial score (nSPS) is 9.85. The maximum absolute atomic E-state index is 12.8. The SMILES string of the molecule is N#CC(C#N)=C(C#N)Nc1c(Cl)cccc1C(F)(F)F. The van der Waals surface area contributed by atoms with Crippen LogP contribution in [-0.2, 0) is 6.18 Å². The van der Waals surface area contributed by atoms with E-state index in [0.717, 1.165) is 12.1 Å². The molecule has 0 bridgehead atoms. The molecule has 20 heavy (non-hydrogen) atoms. The molecule has 0 saturated carbocycles. The molecule has 0 saturated heterocycles. The molecule has 0 spiro atoms. The van der Waals surface area contributed by atoms with Crippen molar-refractivity contribution in [2.24, 2.45) is 0 Å². The lowest BCUT2D eigenvalue weighted by Crippen LogP contribution is -2.11. The van der Waals surface area contributed by atoms with Crippen molar-refractivity contribution in [2.45, 2.75) is 6.18 Å². The highest BCUT2D eigenvalue weighted by atomic mass is 35.5. The standard InChI is InChI=1S/C12H4ClF3N4/c13-9-3-1-2-8(12(14,15)16)11(9)20-10(6-19)7(4-17)5-18/h1-3,20H. The zero-order valence-electron chi connectivity index (χ0n) is 9.59. The third-order valence-electron chi connectivity index (χ3n) is 2.15. The first-order valence-electron chi connectivity index (χ1n) is 4.92. The molecule has 1 rings (SSSR count).